The van der Waals surface area contributed by atoms with E-state index in [1.807, 2.05) is 47.8 Å². The first-order chi connectivity index (χ1) is 13.6. The average Bonchev–Trinajstić information content (AvgIpc) is 3.21. The van der Waals surface area contributed by atoms with Crippen LogP contribution < -0.4 is 10.7 Å². The molecule has 2 amide bonds. The van der Waals surface area contributed by atoms with E-state index in [0.29, 0.717) is 5.56 Å². The van der Waals surface area contributed by atoms with Crippen LogP contribution in [0.25, 0.3) is 6.08 Å². The summed E-state index contributed by atoms with van der Waals surface area (Å²) in [6.45, 7) is 0. The normalized spacial score (nSPS) is 11.4. The van der Waals surface area contributed by atoms with Gasteiger partial charge in [0, 0.05) is 14.9 Å². The monoisotopic (exact) mass is 453 g/mol. The molecular weight excluding hydrogens is 438 g/mol. The van der Waals surface area contributed by atoms with Crippen LogP contribution >= 0.6 is 27.3 Å². The smallest absolute Gasteiger partial charge is 0.287 e. The van der Waals surface area contributed by atoms with E-state index in [1.54, 1.807) is 30.3 Å². The van der Waals surface area contributed by atoms with E-state index in [2.05, 4.69) is 31.8 Å². The van der Waals surface area contributed by atoms with Crippen LogP contribution in [0.3, 0.4) is 0 Å². The molecule has 0 saturated carbocycles. The average molecular weight is 454 g/mol. The molecule has 28 heavy (non-hydrogen) atoms. The van der Waals surface area contributed by atoms with Gasteiger partial charge in [-0.2, -0.15) is 5.10 Å². The summed E-state index contributed by atoms with van der Waals surface area (Å²) in [4.78, 5) is 25.9. The van der Waals surface area contributed by atoms with Crippen LogP contribution in [-0.2, 0) is 4.79 Å². The van der Waals surface area contributed by atoms with Crippen molar-refractivity contribution in [2.45, 2.75) is 0 Å². The Kier molecular flexibility index (Phi) is 6.89. The fraction of sp³-hybridized carbons (Fsp3) is 0. The summed E-state index contributed by atoms with van der Waals surface area (Å²) < 4.78 is 0.913. The third kappa shape index (κ3) is 5.73. The van der Waals surface area contributed by atoms with E-state index in [1.165, 1.54) is 17.6 Å². The number of hydrogen-bond acceptors (Lipinski definition) is 4. The first-order valence-electron chi connectivity index (χ1n) is 8.32. The maximum Gasteiger partial charge on any atom is 0.287 e. The lowest BCUT2D eigenvalue weighted by atomic mass is 10.2. The first-order valence-corrected chi connectivity index (χ1v) is 9.99. The molecule has 1 heterocycles. The summed E-state index contributed by atoms with van der Waals surface area (Å²) in [5.41, 5.74) is 3.86. The number of carbonyl (C=O) groups excluding carboxylic acids is 2. The van der Waals surface area contributed by atoms with E-state index < -0.39 is 5.91 Å². The summed E-state index contributed by atoms with van der Waals surface area (Å²) in [7, 11) is 0. The molecule has 0 bridgehead atoms. The molecule has 0 aliphatic heterocycles. The van der Waals surface area contributed by atoms with Crippen LogP contribution in [0.5, 0.6) is 0 Å². The molecule has 2 N–H and O–H groups in total. The van der Waals surface area contributed by atoms with E-state index in [9.17, 15) is 9.59 Å². The minimum atomic E-state index is -0.510. The first kappa shape index (κ1) is 19.7. The summed E-state index contributed by atoms with van der Waals surface area (Å²) in [5.74, 6) is -0.876. The van der Waals surface area contributed by atoms with E-state index in [0.717, 1.165) is 14.9 Å². The molecule has 0 aliphatic carbocycles. The van der Waals surface area contributed by atoms with Crippen molar-refractivity contribution in [3.8, 4) is 0 Å². The van der Waals surface area contributed by atoms with Gasteiger partial charge in [0.05, 0.1) is 6.21 Å². The van der Waals surface area contributed by atoms with Gasteiger partial charge >= 0.3 is 0 Å². The summed E-state index contributed by atoms with van der Waals surface area (Å²) >= 11 is 4.85. The van der Waals surface area contributed by atoms with Gasteiger partial charge in [-0.05, 0) is 47.4 Å². The quantitative estimate of drug-likeness (QED) is 0.329. The second kappa shape index (κ2) is 9.77. The molecule has 5 nitrogen and oxygen atoms in total. The number of nitrogens with one attached hydrogen (secondary N) is 2. The van der Waals surface area contributed by atoms with Crippen LogP contribution in [0.15, 0.2) is 87.4 Å². The summed E-state index contributed by atoms with van der Waals surface area (Å²) in [6, 6.07) is 19.9. The molecule has 0 spiro atoms. The molecule has 0 aliphatic rings. The van der Waals surface area contributed by atoms with Crippen molar-refractivity contribution in [2.24, 2.45) is 5.10 Å². The predicted octanol–water partition coefficient (Wildman–Crippen LogP) is 4.43. The summed E-state index contributed by atoms with van der Waals surface area (Å²) in [5, 5.41) is 8.54. The molecule has 0 unspecified atom stereocenters. The van der Waals surface area contributed by atoms with Crippen molar-refractivity contribution >= 4 is 51.4 Å². The Labute approximate surface area is 174 Å². The molecule has 2 aromatic carbocycles. The zero-order chi connectivity index (χ0) is 19.8. The molecule has 0 radical (unpaired) electrons. The Morgan fingerprint density at radius 3 is 2.54 bits per heavy atom. The third-order valence-corrected chi connectivity index (χ3v) is 4.90. The van der Waals surface area contributed by atoms with Gasteiger partial charge in [0.25, 0.3) is 11.8 Å². The van der Waals surface area contributed by atoms with Crippen molar-refractivity contribution < 1.29 is 9.59 Å². The Morgan fingerprint density at radius 1 is 1.00 bits per heavy atom. The number of amides is 2. The highest BCUT2D eigenvalue weighted by Crippen LogP contribution is 2.13. The SMILES string of the molecule is O=C(NN=Cc1cccc(Br)c1)C(=Cc1cccs1)NC(=O)c1ccccc1. The fourth-order valence-electron chi connectivity index (χ4n) is 2.27. The largest absolute Gasteiger partial charge is 0.317 e. The molecule has 1 aromatic heterocycles. The minimum absolute atomic E-state index is 0.114. The maximum atomic E-state index is 12.6. The van der Waals surface area contributed by atoms with Gasteiger partial charge in [0.1, 0.15) is 5.70 Å². The molecular formula is C21H16BrN3O2S. The highest BCUT2D eigenvalue weighted by molar-refractivity contribution is 9.10. The second-order valence-corrected chi connectivity index (χ2v) is 7.54. The standard InChI is InChI=1S/C21H16BrN3O2S/c22-17-9-4-6-15(12-17)14-23-25-21(27)19(13-18-10-5-11-28-18)24-20(26)16-7-2-1-3-8-16/h1-14H,(H,24,26)(H,25,27). The van der Waals surface area contributed by atoms with Crippen LogP contribution in [0.1, 0.15) is 20.8 Å². The van der Waals surface area contributed by atoms with Gasteiger partial charge in [0.2, 0.25) is 0 Å². The lowest BCUT2D eigenvalue weighted by Crippen LogP contribution is -2.32. The van der Waals surface area contributed by atoms with Crippen molar-refractivity contribution in [2.75, 3.05) is 0 Å². The number of hydrogen-bond donors (Lipinski definition) is 2. The molecule has 140 valence electrons. The van der Waals surface area contributed by atoms with E-state index in [4.69, 9.17) is 0 Å². The number of nitrogens with zero attached hydrogens (tertiary/aromatic N) is 1. The molecule has 3 rings (SSSR count). The number of benzene rings is 2. The maximum absolute atomic E-state index is 12.6. The molecule has 3 aromatic rings. The zero-order valence-corrected chi connectivity index (χ0v) is 17.0. The summed E-state index contributed by atoms with van der Waals surface area (Å²) in [6.07, 6.45) is 3.15. The van der Waals surface area contributed by atoms with Gasteiger partial charge in [0.15, 0.2) is 0 Å². The predicted molar refractivity (Wildman–Crippen MR) is 116 cm³/mol. The topological polar surface area (TPSA) is 70.6 Å². The van der Waals surface area contributed by atoms with Gasteiger partial charge < -0.3 is 5.32 Å². The highest BCUT2D eigenvalue weighted by atomic mass is 79.9. The van der Waals surface area contributed by atoms with Gasteiger partial charge in [-0.25, -0.2) is 5.43 Å². The minimum Gasteiger partial charge on any atom is -0.317 e. The lowest BCUT2D eigenvalue weighted by molar-refractivity contribution is -0.117. The van der Waals surface area contributed by atoms with Crippen LogP contribution in [-0.4, -0.2) is 18.0 Å². The second-order valence-electron chi connectivity index (χ2n) is 5.65. The number of carbonyl (C=O) groups is 2. The van der Waals surface area contributed by atoms with Gasteiger partial charge in [-0.15, -0.1) is 11.3 Å². The van der Waals surface area contributed by atoms with Gasteiger partial charge in [-0.3, -0.25) is 9.59 Å². The molecule has 0 saturated heterocycles. The lowest BCUT2D eigenvalue weighted by Gasteiger charge is -2.08. The Morgan fingerprint density at radius 2 is 1.82 bits per heavy atom. The van der Waals surface area contributed by atoms with E-state index in [-0.39, 0.29) is 11.6 Å². The fourth-order valence-corrected chi connectivity index (χ4v) is 3.34. The Hall–Kier alpha value is -3.03. The van der Waals surface area contributed by atoms with Crippen LogP contribution in [0.4, 0.5) is 0 Å². The Balaban J connectivity index is 1.74. The number of thiophene rings is 1. The zero-order valence-electron chi connectivity index (χ0n) is 14.6. The van der Waals surface area contributed by atoms with Crippen molar-refractivity contribution in [1.82, 2.24) is 10.7 Å². The number of halogens is 1. The van der Waals surface area contributed by atoms with Crippen LogP contribution in [0.2, 0.25) is 0 Å². The van der Waals surface area contributed by atoms with Crippen molar-refractivity contribution in [1.29, 1.82) is 0 Å². The van der Waals surface area contributed by atoms with Gasteiger partial charge in [-0.1, -0.05) is 52.3 Å². The number of rotatable bonds is 6. The van der Waals surface area contributed by atoms with E-state index >= 15 is 0 Å². The molecule has 0 atom stereocenters. The number of hydrazone groups is 1. The highest BCUT2D eigenvalue weighted by Gasteiger charge is 2.14. The third-order valence-electron chi connectivity index (χ3n) is 3.59. The Bertz CT molecular complexity index is 1020. The van der Waals surface area contributed by atoms with Crippen molar-refractivity contribution in [3.05, 3.63) is 98.3 Å². The van der Waals surface area contributed by atoms with Crippen molar-refractivity contribution in [3.63, 3.8) is 0 Å². The molecule has 7 heteroatoms. The van der Waals surface area contributed by atoms with Crippen LogP contribution in [0, 0.1) is 0 Å². The molecule has 0 fully saturated rings.